The smallest absolute Gasteiger partial charge is 0.273 e. The first-order valence-corrected chi connectivity index (χ1v) is 12.0. The second kappa shape index (κ2) is 8.86. The number of aryl methyl sites for hydroxylation is 1. The summed E-state index contributed by atoms with van der Waals surface area (Å²) in [5, 5.41) is 13.6. The first-order chi connectivity index (χ1) is 16.1. The van der Waals surface area contributed by atoms with Gasteiger partial charge in [-0.3, -0.25) is 18.6 Å². The Morgan fingerprint density at radius 3 is 2.94 bits per heavy atom. The molecular formula is C23H25N5O4S. The van der Waals surface area contributed by atoms with Gasteiger partial charge < -0.3 is 14.8 Å². The van der Waals surface area contributed by atoms with E-state index in [2.05, 4.69) is 15.5 Å². The summed E-state index contributed by atoms with van der Waals surface area (Å²) in [6.45, 7) is 4.72. The minimum atomic E-state index is -0.0290. The number of hydrogen-bond donors (Lipinski definition) is 1. The molecule has 5 rings (SSSR count). The van der Waals surface area contributed by atoms with Crippen molar-refractivity contribution in [1.29, 1.82) is 0 Å². The lowest BCUT2D eigenvalue weighted by Gasteiger charge is -2.14. The van der Waals surface area contributed by atoms with Crippen LogP contribution >= 0.6 is 11.3 Å². The van der Waals surface area contributed by atoms with Crippen molar-refractivity contribution in [2.75, 3.05) is 6.79 Å². The third kappa shape index (κ3) is 3.95. The maximum Gasteiger partial charge on any atom is 0.273 e. The Bertz CT molecular complexity index is 1390. The summed E-state index contributed by atoms with van der Waals surface area (Å²) < 4.78 is 15.1. The zero-order valence-corrected chi connectivity index (χ0v) is 19.4. The number of thiophene rings is 1. The zero-order valence-electron chi connectivity index (χ0n) is 18.5. The van der Waals surface area contributed by atoms with Crippen LogP contribution in [-0.2, 0) is 17.8 Å². The van der Waals surface area contributed by atoms with Gasteiger partial charge in [0.1, 0.15) is 10.5 Å². The van der Waals surface area contributed by atoms with Crippen molar-refractivity contribution in [3.8, 4) is 11.5 Å². The molecule has 33 heavy (non-hydrogen) atoms. The normalized spacial score (nSPS) is 13.6. The third-order valence-corrected chi connectivity index (χ3v) is 6.88. The molecule has 1 aromatic carbocycles. The third-order valence-electron chi connectivity index (χ3n) is 5.99. The van der Waals surface area contributed by atoms with Gasteiger partial charge in [-0.15, -0.1) is 21.5 Å². The van der Waals surface area contributed by atoms with E-state index >= 15 is 0 Å². The molecule has 1 aliphatic rings. The molecule has 0 spiro atoms. The van der Waals surface area contributed by atoms with Gasteiger partial charge in [-0.2, -0.15) is 0 Å². The molecule has 0 saturated carbocycles. The molecule has 0 aliphatic carbocycles. The second-order valence-electron chi connectivity index (χ2n) is 8.14. The van der Waals surface area contributed by atoms with Gasteiger partial charge in [-0.25, -0.2) is 0 Å². The molecule has 0 saturated heterocycles. The van der Waals surface area contributed by atoms with E-state index in [1.165, 1.54) is 11.3 Å². The molecule has 0 bridgehead atoms. The average molecular weight is 468 g/mol. The van der Waals surface area contributed by atoms with Crippen LogP contribution in [0.25, 0.3) is 16.0 Å². The number of hydrogen-bond acceptors (Lipinski definition) is 7. The molecule has 0 unspecified atom stereocenters. The molecule has 1 N–H and O–H groups in total. The molecule has 1 amide bonds. The summed E-state index contributed by atoms with van der Waals surface area (Å²) in [6.07, 6.45) is 2.40. The fourth-order valence-electron chi connectivity index (χ4n) is 4.04. The van der Waals surface area contributed by atoms with Crippen molar-refractivity contribution in [3.05, 3.63) is 51.4 Å². The Kier molecular flexibility index (Phi) is 5.76. The van der Waals surface area contributed by atoms with Crippen molar-refractivity contribution in [2.45, 2.75) is 52.1 Å². The second-order valence-corrected chi connectivity index (χ2v) is 9.05. The SMILES string of the molecule is CC[C@@H](C)n1c(=O)c2sccc2n2c(CCCC(=O)NCc3ccc4c(c3)OCO4)nnc12. The van der Waals surface area contributed by atoms with E-state index in [0.717, 1.165) is 29.1 Å². The van der Waals surface area contributed by atoms with Crippen LogP contribution in [0.4, 0.5) is 0 Å². The van der Waals surface area contributed by atoms with Gasteiger partial charge in [0.15, 0.2) is 11.5 Å². The predicted molar refractivity (Wildman–Crippen MR) is 125 cm³/mol. The molecule has 10 heteroatoms. The van der Waals surface area contributed by atoms with Crippen LogP contribution in [0.2, 0.25) is 0 Å². The highest BCUT2D eigenvalue weighted by Gasteiger charge is 2.20. The van der Waals surface area contributed by atoms with Gasteiger partial charge in [0.25, 0.3) is 5.56 Å². The fraction of sp³-hybridized carbons (Fsp3) is 0.391. The molecule has 0 fully saturated rings. The number of fused-ring (bicyclic) bond motifs is 4. The number of benzene rings is 1. The largest absolute Gasteiger partial charge is 0.454 e. The lowest BCUT2D eigenvalue weighted by molar-refractivity contribution is -0.121. The number of amides is 1. The first-order valence-electron chi connectivity index (χ1n) is 11.1. The predicted octanol–water partition coefficient (Wildman–Crippen LogP) is 3.44. The molecule has 1 atom stereocenters. The number of aromatic nitrogens is 4. The summed E-state index contributed by atoms with van der Waals surface area (Å²) in [6, 6.07) is 7.60. The van der Waals surface area contributed by atoms with Crippen molar-refractivity contribution in [3.63, 3.8) is 0 Å². The highest BCUT2D eigenvalue weighted by molar-refractivity contribution is 7.17. The monoisotopic (exact) mass is 467 g/mol. The Labute approximate surface area is 194 Å². The average Bonchev–Trinajstić information content (AvgIpc) is 3.56. The summed E-state index contributed by atoms with van der Waals surface area (Å²) in [5.41, 5.74) is 1.76. The Balaban J connectivity index is 1.27. The van der Waals surface area contributed by atoms with E-state index in [4.69, 9.17) is 9.47 Å². The molecule has 4 heterocycles. The number of nitrogens with one attached hydrogen (secondary N) is 1. The highest BCUT2D eigenvalue weighted by atomic mass is 32.1. The maximum absolute atomic E-state index is 13.0. The number of ether oxygens (including phenoxy) is 2. The minimum absolute atomic E-state index is 0.0190. The van der Waals surface area contributed by atoms with Crippen LogP contribution in [0.1, 0.15) is 50.5 Å². The number of carbonyl (C=O) groups excluding carboxylic acids is 1. The number of carbonyl (C=O) groups is 1. The summed E-state index contributed by atoms with van der Waals surface area (Å²) in [5.74, 6) is 2.72. The van der Waals surface area contributed by atoms with E-state index in [1.54, 1.807) is 4.57 Å². The van der Waals surface area contributed by atoms with E-state index in [0.29, 0.717) is 42.0 Å². The summed E-state index contributed by atoms with van der Waals surface area (Å²) in [7, 11) is 0. The molecule has 1 aliphatic heterocycles. The van der Waals surface area contributed by atoms with E-state index < -0.39 is 0 Å². The van der Waals surface area contributed by atoms with Crippen LogP contribution in [-0.4, -0.2) is 31.9 Å². The molecule has 3 aromatic heterocycles. The standard InChI is InChI=1S/C23H25N5O4S/c1-3-14(2)27-22(30)21-16(9-10-33-21)28-19(25-26-23(27)28)5-4-6-20(29)24-12-15-7-8-17-18(11-15)32-13-31-17/h7-11,14H,3-6,12-13H2,1-2H3,(H,24,29)/t14-/m1/s1. The zero-order chi connectivity index (χ0) is 22.9. The maximum atomic E-state index is 13.0. The number of nitrogens with zero attached hydrogens (tertiary/aromatic N) is 4. The molecule has 0 radical (unpaired) electrons. The van der Waals surface area contributed by atoms with Crippen LogP contribution in [0, 0.1) is 0 Å². The molecule has 9 nitrogen and oxygen atoms in total. The van der Waals surface area contributed by atoms with Crippen molar-refractivity contribution in [1.82, 2.24) is 24.5 Å². The number of rotatable bonds is 8. The lowest BCUT2D eigenvalue weighted by Crippen LogP contribution is -2.25. The van der Waals surface area contributed by atoms with Gasteiger partial charge in [0.2, 0.25) is 18.5 Å². The van der Waals surface area contributed by atoms with Gasteiger partial charge in [0, 0.05) is 25.4 Å². The van der Waals surface area contributed by atoms with Crippen molar-refractivity contribution >= 4 is 33.2 Å². The van der Waals surface area contributed by atoms with E-state index in [-0.39, 0.29) is 24.3 Å². The van der Waals surface area contributed by atoms with E-state index in [1.807, 2.05) is 47.9 Å². The van der Waals surface area contributed by atoms with E-state index in [9.17, 15) is 9.59 Å². The molecule has 4 aromatic rings. The Hall–Kier alpha value is -3.40. The topological polar surface area (TPSA) is 99.8 Å². The summed E-state index contributed by atoms with van der Waals surface area (Å²) >= 11 is 1.43. The van der Waals surface area contributed by atoms with Crippen molar-refractivity contribution in [2.24, 2.45) is 0 Å². The fourth-order valence-corrected chi connectivity index (χ4v) is 4.85. The van der Waals surface area contributed by atoms with Crippen molar-refractivity contribution < 1.29 is 14.3 Å². The van der Waals surface area contributed by atoms with Gasteiger partial charge in [-0.05, 0) is 48.9 Å². The molecule has 172 valence electrons. The molecular weight excluding hydrogens is 442 g/mol. The highest BCUT2D eigenvalue weighted by Crippen LogP contribution is 2.32. The minimum Gasteiger partial charge on any atom is -0.454 e. The van der Waals surface area contributed by atoms with Gasteiger partial charge >= 0.3 is 0 Å². The quantitative estimate of drug-likeness (QED) is 0.426. The lowest BCUT2D eigenvalue weighted by atomic mass is 10.2. The summed E-state index contributed by atoms with van der Waals surface area (Å²) in [4.78, 5) is 25.4. The Morgan fingerprint density at radius 2 is 2.09 bits per heavy atom. The van der Waals surface area contributed by atoms with Crippen LogP contribution in [0.5, 0.6) is 11.5 Å². The van der Waals surface area contributed by atoms with Crippen LogP contribution in [0.3, 0.4) is 0 Å². The first kappa shape index (κ1) is 21.4. The van der Waals surface area contributed by atoms with Gasteiger partial charge in [-0.1, -0.05) is 13.0 Å². The van der Waals surface area contributed by atoms with Crippen LogP contribution in [0.15, 0.2) is 34.4 Å². The van der Waals surface area contributed by atoms with Crippen LogP contribution < -0.4 is 20.3 Å². The van der Waals surface area contributed by atoms with Gasteiger partial charge in [0.05, 0.1) is 5.52 Å². The Morgan fingerprint density at radius 1 is 1.24 bits per heavy atom.